The van der Waals surface area contributed by atoms with Crippen LogP contribution in [0.25, 0.3) is 10.8 Å². The Morgan fingerprint density at radius 1 is 0.650 bits per heavy atom. The quantitative estimate of drug-likeness (QED) is 0.177. The second kappa shape index (κ2) is 13.3. The van der Waals surface area contributed by atoms with Crippen LogP contribution in [-0.4, -0.2) is 25.0 Å². The van der Waals surface area contributed by atoms with E-state index in [1.807, 2.05) is 48.5 Å². The summed E-state index contributed by atoms with van der Waals surface area (Å²) in [6, 6.07) is 22.0. The maximum absolute atomic E-state index is 13.4. The fourth-order valence-electron chi connectivity index (χ4n) is 4.03. The summed E-state index contributed by atoms with van der Waals surface area (Å²) in [5.74, 6) is 1.10. The topological polar surface area (TPSA) is 76.7 Å². The Hall–Kier alpha value is -3.36. The molecule has 4 aromatic rings. The van der Waals surface area contributed by atoms with Gasteiger partial charge in [-0.1, -0.05) is 83.8 Å². The van der Waals surface area contributed by atoms with E-state index in [1.54, 1.807) is 24.3 Å². The molecule has 0 aromatic heterocycles. The molecule has 8 heteroatoms. The Bertz CT molecular complexity index is 1420. The standard InChI is InChI=1S/C32H32Br2N2O4/c1-19(2)17-39-29-13-11-21(33)15-25(29)31(37)35-27-9-5-8-24-23(27)7-6-10-28(24)36-32(38)26-16-22(34)12-14-30(26)40-18-20(3)4/h5-16,19-20H,17-18H2,1-4H3,(H,35,37)(H,36,38). The van der Waals surface area contributed by atoms with Crippen LogP contribution in [0.4, 0.5) is 11.4 Å². The molecule has 0 aliphatic carbocycles. The van der Waals surface area contributed by atoms with E-state index in [0.29, 0.717) is 59.1 Å². The number of benzene rings is 4. The summed E-state index contributed by atoms with van der Waals surface area (Å²) in [5, 5.41) is 7.65. The number of carbonyl (C=O) groups is 2. The van der Waals surface area contributed by atoms with Gasteiger partial charge in [-0.2, -0.15) is 0 Å². The largest absolute Gasteiger partial charge is 0.492 e. The fourth-order valence-corrected chi connectivity index (χ4v) is 4.75. The Labute approximate surface area is 251 Å². The van der Waals surface area contributed by atoms with Crippen molar-refractivity contribution in [1.82, 2.24) is 0 Å². The van der Waals surface area contributed by atoms with Crippen molar-refractivity contribution in [3.63, 3.8) is 0 Å². The van der Waals surface area contributed by atoms with Crippen LogP contribution in [-0.2, 0) is 0 Å². The minimum Gasteiger partial charge on any atom is -0.492 e. The van der Waals surface area contributed by atoms with Crippen LogP contribution in [0, 0.1) is 11.8 Å². The van der Waals surface area contributed by atoms with Gasteiger partial charge in [-0.3, -0.25) is 9.59 Å². The first-order valence-electron chi connectivity index (χ1n) is 13.1. The van der Waals surface area contributed by atoms with Gasteiger partial charge < -0.3 is 20.1 Å². The summed E-state index contributed by atoms with van der Waals surface area (Å²) in [7, 11) is 0. The van der Waals surface area contributed by atoms with Crippen molar-refractivity contribution in [3.05, 3.63) is 92.9 Å². The van der Waals surface area contributed by atoms with Crippen molar-refractivity contribution in [2.24, 2.45) is 11.8 Å². The van der Waals surface area contributed by atoms with Crippen molar-refractivity contribution in [3.8, 4) is 11.5 Å². The number of nitrogens with one attached hydrogen (secondary N) is 2. The molecule has 0 spiro atoms. The smallest absolute Gasteiger partial charge is 0.259 e. The molecule has 2 amide bonds. The number of fused-ring (bicyclic) bond motifs is 1. The van der Waals surface area contributed by atoms with Crippen LogP contribution >= 0.6 is 31.9 Å². The van der Waals surface area contributed by atoms with E-state index in [2.05, 4.69) is 70.2 Å². The summed E-state index contributed by atoms with van der Waals surface area (Å²) in [4.78, 5) is 26.8. The van der Waals surface area contributed by atoms with E-state index < -0.39 is 0 Å². The second-order valence-electron chi connectivity index (χ2n) is 10.3. The zero-order valence-corrected chi connectivity index (χ0v) is 26.1. The predicted octanol–water partition coefficient (Wildman–Crippen LogP) is 8.94. The van der Waals surface area contributed by atoms with Gasteiger partial charge in [-0.25, -0.2) is 0 Å². The Morgan fingerprint density at radius 2 is 1.05 bits per heavy atom. The number of carbonyl (C=O) groups excluding carboxylic acids is 2. The van der Waals surface area contributed by atoms with Crippen molar-refractivity contribution < 1.29 is 19.1 Å². The third-order valence-electron chi connectivity index (χ3n) is 5.94. The number of amides is 2. The van der Waals surface area contributed by atoms with Crippen molar-refractivity contribution >= 4 is 65.8 Å². The highest BCUT2D eigenvalue weighted by Gasteiger charge is 2.18. The fraction of sp³-hybridized carbons (Fsp3) is 0.250. The Kier molecular flexibility index (Phi) is 9.87. The van der Waals surface area contributed by atoms with Gasteiger partial charge in [0.15, 0.2) is 0 Å². The third-order valence-corrected chi connectivity index (χ3v) is 6.92. The Morgan fingerprint density at radius 3 is 1.43 bits per heavy atom. The molecule has 40 heavy (non-hydrogen) atoms. The molecule has 0 bridgehead atoms. The number of ether oxygens (including phenoxy) is 2. The van der Waals surface area contributed by atoms with Crippen molar-refractivity contribution in [2.75, 3.05) is 23.8 Å². The van der Waals surface area contributed by atoms with Gasteiger partial charge in [0.2, 0.25) is 0 Å². The maximum Gasteiger partial charge on any atom is 0.259 e. The van der Waals surface area contributed by atoms with Crippen LogP contribution in [0.1, 0.15) is 48.4 Å². The molecule has 4 aromatic carbocycles. The molecule has 0 unspecified atom stereocenters. The normalized spacial score (nSPS) is 11.1. The van der Waals surface area contributed by atoms with Crippen LogP contribution in [0.3, 0.4) is 0 Å². The lowest BCUT2D eigenvalue weighted by Gasteiger charge is -2.16. The molecular formula is C32H32Br2N2O4. The van der Waals surface area contributed by atoms with E-state index in [-0.39, 0.29) is 11.8 Å². The zero-order chi connectivity index (χ0) is 28.8. The molecule has 0 atom stereocenters. The van der Waals surface area contributed by atoms with Gasteiger partial charge in [0.1, 0.15) is 11.5 Å². The number of hydrogen-bond acceptors (Lipinski definition) is 4. The minimum absolute atomic E-state index is 0.289. The molecule has 0 saturated heterocycles. The van der Waals surface area contributed by atoms with Crippen LogP contribution in [0.5, 0.6) is 11.5 Å². The molecule has 0 fully saturated rings. The van der Waals surface area contributed by atoms with Crippen molar-refractivity contribution in [1.29, 1.82) is 0 Å². The van der Waals surface area contributed by atoms with E-state index in [0.717, 1.165) is 19.7 Å². The monoisotopic (exact) mass is 666 g/mol. The van der Waals surface area contributed by atoms with Gasteiger partial charge in [0.05, 0.1) is 24.3 Å². The van der Waals surface area contributed by atoms with Crippen LogP contribution in [0.2, 0.25) is 0 Å². The molecule has 0 saturated carbocycles. The van der Waals surface area contributed by atoms with Gasteiger partial charge in [0, 0.05) is 31.1 Å². The van der Waals surface area contributed by atoms with E-state index >= 15 is 0 Å². The summed E-state index contributed by atoms with van der Waals surface area (Å²) >= 11 is 6.92. The first kappa shape index (κ1) is 29.6. The van der Waals surface area contributed by atoms with Gasteiger partial charge >= 0.3 is 0 Å². The average molecular weight is 668 g/mol. The molecule has 0 aliphatic heterocycles. The lowest BCUT2D eigenvalue weighted by Crippen LogP contribution is -2.16. The highest BCUT2D eigenvalue weighted by Crippen LogP contribution is 2.32. The van der Waals surface area contributed by atoms with Crippen LogP contribution < -0.4 is 20.1 Å². The van der Waals surface area contributed by atoms with E-state index in [9.17, 15) is 9.59 Å². The first-order chi connectivity index (χ1) is 19.1. The maximum atomic E-state index is 13.4. The summed E-state index contributed by atoms with van der Waals surface area (Å²) in [5.41, 5.74) is 2.11. The molecule has 4 rings (SSSR count). The lowest BCUT2D eigenvalue weighted by molar-refractivity contribution is 0.101. The molecule has 2 N–H and O–H groups in total. The Balaban J connectivity index is 1.62. The highest BCUT2D eigenvalue weighted by atomic mass is 79.9. The molecule has 0 radical (unpaired) electrons. The van der Waals surface area contributed by atoms with Crippen molar-refractivity contribution in [2.45, 2.75) is 27.7 Å². The summed E-state index contributed by atoms with van der Waals surface area (Å²) < 4.78 is 13.4. The molecule has 0 aliphatic rings. The first-order valence-corrected chi connectivity index (χ1v) is 14.7. The third kappa shape index (κ3) is 7.43. The number of hydrogen-bond donors (Lipinski definition) is 2. The summed E-state index contributed by atoms with van der Waals surface area (Å²) in [6.07, 6.45) is 0. The predicted molar refractivity (Wildman–Crippen MR) is 169 cm³/mol. The number of anilines is 2. The second-order valence-corrected chi connectivity index (χ2v) is 12.1. The van der Waals surface area contributed by atoms with E-state index in [1.165, 1.54) is 0 Å². The summed E-state index contributed by atoms with van der Waals surface area (Å²) in [6.45, 7) is 9.23. The molecule has 0 heterocycles. The SMILES string of the molecule is CC(C)COc1ccc(Br)cc1C(=O)Nc1cccc2c(NC(=O)c3cc(Br)ccc3OCC(C)C)cccc12. The lowest BCUT2D eigenvalue weighted by atomic mass is 10.1. The molecule has 6 nitrogen and oxygen atoms in total. The van der Waals surface area contributed by atoms with Gasteiger partial charge in [-0.05, 0) is 60.4 Å². The van der Waals surface area contributed by atoms with Crippen LogP contribution in [0.15, 0.2) is 81.7 Å². The minimum atomic E-state index is -0.289. The number of rotatable bonds is 10. The molecular weight excluding hydrogens is 636 g/mol. The average Bonchev–Trinajstić information content (AvgIpc) is 2.91. The van der Waals surface area contributed by atoms with E-state index in [4.69, 9.17) is 9.47 Å². The van der Waals surface area contributed by atoms with Gasteiger partial charge in [-0.15, -0.1) is 0 Å². The zero-order valence-electron chi connectivity index (χ0n) is 22.9. The number of halogens is 2. The van der Waals surface area contributed by atoms with Gasteiger partial charge in [0.25, 0.3) is 11.8 Å². The highest BCUT2D eigenvalue weighted by molar-refractivity contribution is 9.10. The molecule has 208 valence electrons.